The fourth-order valence-electron chi connectivity index (χ4n) is 2.22. The van der Waals surface area contributed by atoms with Crippen LogP contribution in [0.25, 0.3) is 22.5 Å². The van der Waals surface area contributed by atoms with E-state index in [1.807, 2.05) is 36.4 Å². The van der Waals surface area contributed by atoms with Gasteiger partial charge in [0.1, 0.15) is 0 Å². The van der Waals surface area contributed by atoms with E-state index in [4.69, 9.17) is 0 Å². The van der Waals surface area contributed by atoms with Crippen molar-refractivity contribution in [3.63, 3.8) is 0 Å². The molecule has 0 aliphatic rings. The molecule has 0 fully saturated rings. The predicted octanol–water partition coefficient (Wildman–Crippen LogP) is 5.00. The van der Waals surface area contributed by atoms with E-state index in [0.717, 1.165) is 11.4 Å². The molecular weight excluding hydrogens is 743 g/mol. The van der Waals surface area contributed by atoms with Crippen molar-refractivity contribution in [2.75, 3.05) is 0 Å². The van der Waals surface area contributed by atoms with Crippen molar-refractivity contribution in [1.82, 2.24) is 9.97 Å². The number of benzene rings is 2. The summed E-state index contributed by atoms with van der Waals surface area (Å²) >= 11 is 0. The minimum Gasteiger partial charge on any atom is -0.412 e. The van der Waals surface area contributed by atoms with E-state index >= 15 is 0 Å². The third-order valence-electron chi connectivity index (χ3n) is 3.41. The first-order chi connectivity index (χ1) is 12.7. The molecule has 4 rings (SSSR count). The number of hydrogen-bond acceptors (Lipinski definition) is 2. The van der Waals surface area contributed by atoms with E-state index in [0.29, 0.717) is 11.1 Å². The number of hydrogen-bond donors (Lipinski definition) is 0. The largest absolute Gasteiger partial charge is 0.412 e. The Balaban J connectivity index is 0. The van der Waals surface area contributed by atoms with Gasteiger partial charge in [-0.1, -0.05) is 24.3 Å². The van der Waals surface area contributed by atoms with Gasteiger partial charge < -0.3 is 22.9 Å². The second-order valence-corrected chi connectivity index (χ2v) is 5.27. The van der Waals surface area contributed by atoms with Crippen LogP contribution < -0.4 is 0 Å². The molecule has 0 saturated carbocycles. The molecule has 0 atom stereocenters. The Hall–Kier alpha value is -2.14. The molecule has 162 valence electrons. The smallest absolute Gasteiger partial charge is 0.0418 e. The van der Waals surface area contributed by atoms with Gasteiger partial charge in [-0.2, -0.15) is 0 Å². The molecule has 7 heteroatoms. The van der Waals surface area contributed by atoms with Crippen molar-refractivity contribution in [1.29, 1.82) is 0 Å². The van der Waals surface area contributed by atoms with Gasteiger partial charge in [0, 0.05) is 64.2 Å². The van der Waals surface area contributed by atoms with Crippen molar-refractivity contribution in [2.45, 2.75) is 0 Å². The first kappa shape index (κ1) is 30.1. The van der Waals surface area contributed by atoms with Crippen LogP contribution in [0.15, 0.2) is 85.2 Å². The summed E-state index contributed by atoms with van der Waals surface area (Å²) in [5.74, 6) is -0.529. The van der Waals surface area contributed by atoms with Crippen molar-refractivity contribution < 1.29 is 54.5 Å². The van der Waals surface area contributed by atoms with E-state index in [1.165, 1.54) is 24.3 Å². The van der Waals surface area contributed by atoms with E-state index in [1.54, 1.807) is 24.5 Å². The first-order valence-corrected chi connectivity index (χ1v) is 7.89. The Labute approximate surface area is 202 Å². The number of rotatable bonds is 2. The molecule has 0 amide bonds. The first-order valence-electron chi connectivity index (χ1n) is 7.89. The van der Waals surface area contributed by atoms with Gasteiger partial charge >= 0.3 is 0 Å². The van der Waals surface area contributed by atoms with Gasteiger partial charge in [-0.15, -0.1) is 59.7 Å². The molecule has 2 heterocycles. The van der Waals surface area contributed by atoms with Crippen LogP contribution in [0, 0.1) is 31.2 Å². The van der Waals surface area contributed by atoms with Crippen molar-refractivity contribution in [3.05, 3.63) is 116 Å². The molecule has 2 radical (unpaired) electrons. The summed E-state index contributed by atoms with van der Waals surface area (Å²) in [6.07, 6.45) is 3.35. The van der Waals surface area contributed by atoms with Gasteiger partial charge in [0.2, 0.25) is 0 Å². The second-order valence-electron chi connectivity index (χ2n) is 5.27. The van der Waals surface area contributed by atoms with Gasteiger partial charge in [0.15, 0.2) is 0 Å². The molecule has 3 nitrogen and oxygen atoms in total. The van der Waals surface area contributed by atoms with Gasteiger partial charge in [-0.25, -0.2) is 8.78 Å². The Morgan fingerprint density at radius 2 is 1.03 bits per heavy atom. The Bertz CT molecular complexity index is 894. The minimum atomic E-state index is -0.264. The zero-order valence-corrected chi connectivity index (χ0v) is 20.7. The van der Waals surface area contributed by atoms with Gasteiger partial charge in [-0.3, -0.25) is 0 Å². The molecule has 0 spiro atoms. The number of halogens is 2. The van der Waals surface area contributed by atoms with Crippen LogP contribution in [-0.2, 0) is 40.2 Å². The predicted molar refractivity (Wildman–Crippen MR) is 107 cm³/mol. The fraction of sp³-hybridized carbons (Fsp3) is 0. The van der Waals surface area contributed by atoms with Crippen LogP contribution in [0.3, 0.4) is 0 Å². The van der Waals surface area contributed by atoms with E-state index < -0.39 is 0 Å². The van der Waals surface area contributed by atoms with Crippen LogP contribution in [0.5, 0.6) is 0 Å². The van der Waals surface area contributed by atoms with Crippen molar-refractivity contribution >= 4 is 0 Å². The average molecular weight is 762 g/mol. The third kappa shape index (κ3) is 9.12. The van der Waals surface area contributed by atoms with Crippen LogP contribution in [0.2, 0.25) is 0 Å². The average Bonchev–Trinajstić information content (AvgIpc) is 2.70. The SMILES string of the molecule is Fc1cc[c-]c(-c2ccccn2)c1.Fc1cc[c-]c(-c2ccccn2)c1.O.[CH3-].[Ir].[Ir]. The molecule has 0 bridgehead atoms. The van der Waals surface area contributed by atoms with Gasteiger partial charge in [0.25, 0.3) is 0 Å². The number of aromatic nitrogens is 2. The van der Waals surface area contributed by atoms with Crippen LogP contribution >= 0.6 is 0 Å². The van der Waals surface area contributed by atoms with E-state index in [2.05, 4.69) is 22.1 Å². The van der Waals surface area contributed by atoms with Crippen molar-refractivity contribution in [2.24, 2.45) is 0 Å². The zero-order valence-electron chi connectivity index (χ0n) is 15.9. The summed E-state index contributed by atoms with van der Waals surface area (Å²) in [5.41, 5.74) is 2.84. The minimum absolute atomic E-state index is 0. The number of pyridine rings is 2. The topological polar surface area (TPSA) is 57.3 Å². The summed E-state index contributed by atoms with van der Waals surface area (Å²) < 4.78 is 25.6. The maximum absolute atomic E-state index is 12.8. The Morgan fingerprint density at radius 1 is 0.633 bits per heavy atom. The second kappa shape index (κ2) is 15.7. The molecule has 2 N–H and O–H groups in total. The van der Waals surface area contributed by atoms with Crippen molar-refractivity contribution in [3.8, 4) is 22.5 Å². The molecule has 0 aliphatic heterocycles. The number of nitrogens with zero attached hydrogens (tertiary/aromatic N) is 2. The molecule has 4 aromatic rings. The van der Waals surface area contributed by atoms with E-state index in [-0.39, 0.29) is 64.7 Å². The summed E-state index contributed by atoms with van der Waals surface area (Å²) in [7, 11) is 0. The quantitative estimate of drug-likeness (QED) is 0.271. The summed E-state index contributed by atoms with van der Waals surface area (Å²) in [5, 5.41) is 0. The Morgan fingerprint density at radius 3 is 1.33 bits per heavy atom. The summed E-state index contributed by atoms with van der Waals surface area (Å²) in [6.45, 7) is 0. The molecule has 2 aromatic heterocycles. The molecule has 2 aromatic carbocycles. The monoisotopic (exact) mass is 763 g/mol. The standard InChI is InChI=1S/2C11H7FN.CH3.2Ir.H2O/c2*12-10-5-3-4-9(8-10)11-6-1-2-7-13-11;;;;/h2*1-3,5-8H;1H3;;;1H2/q3*-1;;;. The fourth-order valence-corrected chi connectivity index (χ4v) is 2.22. The van der Waals surface area contributed by atoms with Gasteiger partial charge in [-0.05, 0) is 23.5 Å². The Kier molecular flexibility index (Phi) is 15.7. The van der Waals surface area contributed by atoms with E-state index in [9.17, 15) is 8.78 Å². The normalized spacial score (nSPS) is 8.60. The maximum atomic E-state index is 12.8. The summed E-state index contributed by atoms with van der Waals surface area (Å²) in [6, 6.07) is 25.5. The van der Waals surface area contributed by atoms with Crippen LogP contribution in [0.1, 0.15) is 0 Å². The van der Waals surface area contributed by atoms with Crippen LogP contribution in [-0.4, -0.2) is 15.4 Å². The summed E-state index contributed by atoms with van der Waals surface area (Å²) in [4.78, 5) is 8.18. The van der Waals surface area contributed by atoms with Gasteiger partial charge in [0.05, 0.1) is 0 Å². The molecule has 0 aliphatic carbocycles. The molecule has 30 heavy (non-hydrogen) atoms. The third-order valence-corrected chi connectivity index (χ3v) is 3.41. The van der Waals surface area contributed by atoms with Crippen LogP contribution in [0.4, 0.5) is 8.78 Å². The molecule has 0 unspecified atom stereocenters. The molecular formula is C23H19F2Ir2N2O-3. The molecule has 0 saturated heterocycles. The maximum Gasteiger partial charge on any atom is 0.0418 e. The zero-order chi connectivity index (χ0) is 18.2.